The minimum atomic E-state index is -3.78. The second kappa shape index (κ2) is 4.80. The lowest BCUT2D eigenvalue weighted by atomic mass is 9.97. The van der Waals surface area contributed by atoms with Crippen LogP contribution in [0.1, 0.15) is 29.3 Å². The number of amides is 1. The summed E-state index contributed by atoms with van der Waals surface area (Å²) in [6, 6.07) is 3.15. The van der Waals surface area contributed by atoms with Gasteiger partial charge in [0, 0.05) is 13.1 Å². The van der Waals surface area contributed by atoms with E-state index in [9.17, 15) is 9.36 Å². The Morgan fingerprint density at radius 1 is 1.36 bits per heavy atom. The van der Waals surface area contributed by atoms with Crippen molar-refractivity contribution in [2.75, 3.05) is 19.6 Å². The first-order valence-electron chi connectivity index (χ1n) is 8.13. The number of hydrogen-bond acceptors (Lipinski definition) is 6. The molecule has 0 radical (unpaired) electrons. The maximum Gasteiger partial charge on any atom is 0.668 e. The van der Waals surface area contributed by atoms with Gasteiger partial charge in [-0.3, -0.25) is 14.3 Å². The predicted octanol–water partition coefficient (Wildman–Crippen LogP) is 2.17. The van der Waals surface area contributed by atoms with Gasteiger partial charge < -0.3 is 14.8 Å². The number of likely N-dealkylation sites (N-methyl/N-ethyl adjacent to an activating group) is 1. The van der Waals surface area contributed by atoms with Crippen LogP contribution in [0.4, 0.5) is 0 Å². The third kappa shape index (κ3) is 1.92. The largest absolute Gasteiger partial charge is 0.668 e. The maximum absolute atomic E-state index is 12.7. The first-order valence-corrected chi connectivity index (χ1v) is 9.59. The van der Waals surface area contributed by atoms with Crippen molar-refractivity contribution in [2.45, 2.75) is 13.3 Å². The lowest BCUT2D eigenvalue weighted by Crippen LogP contribution is -2.28. The monoisotopic (exact) mass is 361 g/mol. The van der Waals surface area contributed by atoms with Gasteiger partial charge in [0.2, 0.25) is 5.88 Å². The molecule has 2 N–H and O–H groups in total. The highest BCUT2D eigenvalue weighted by molar-refractivity contribution is 7.49. The van der Waals surface area contributed by atoms with Gasteiger partial charge in [-0.2, -0.15) is 4.57 Å². The number of carbonyl (C=O) groups is 1. The summed E-state index contributed by atoms with van der Waals surface area (Å²) in [6.07, 6.45) is 2.94. The third-order valence-electron chi connectivity index (χ3n) is 4.91. The molecule has 0 aliphatic carbocycles. The van der Waals surface area contributed by atoms with Crippen LogP contribution in [0.3, 0.4) is 0 Å². The first kappa shape index (κ1) is 14.9. The Bertz CT molecular complexity index is 1020. The van der Waals surface area contributed by atoms with Gasteiger partial charge in [0.15, 0.2) is 0 Å². The predicted molar refractivity (Wildman–Crippen MR) is 90.6 cm³/mol. The molecule has 2 aromatic rings. The van der Waals surface area contributed by atoms with Gasteiger partial charge in [0.1, 0.15) is 11.3 Å². The zero-order chi connectivity index (χ0) is 17.3. The Labute approximate surface area is 143 Å². The fourth-order valence-electron chi connectivity index (χ4n) is 3.67. The van der Waals surface area contributed by atoms with Crippen molar-refractivity contribution >= 4 is 30.2 Å². The average molecular weight is 361 g/mol. The van der Waals surface area contributed by atoms with E-state index in [1.165, 1.54) is 4.73 Å². The molecular weight excluding hydrogens is 345 g/mol. The molecule has 1 unspecified atom stereocenters. The number of phosphoric ester groups is 1. The van der Waals surface area contributed by atoms with Crippen LogP contribution in [-0.4, -0.2) is 35.2 Å². The second-order valence-electron chi connectivity index (χ2n) is 6.26. The van der Waals surface area contributed by atoms with Crippen LogP contribution in [0.2, 0.25) is 0 Å². The highest BCUT2D eigenvalue weighted by Crippen LogP contribution is 2.62. The van der Waals surface area contributed by atoms with E-state index in [2.05, 4.69) is 17.9 Å². The van der Waals surface area contributed by atoms with Crippen molar-refractivity contribution in [3.63, 3.8) is 0 Å². The Kier molecular flexibility index (Phi) is 2.86. The molecule has 25 heavy (non-hydrogen) atoms. The molecule has 0 saturated heterocycles. The van der Waals surface area contributed by atoms with Crippen molar-refractivity contribution in [1.29, 1.82) is 0 Å². The van der Waals surface area contributed by atoms with Gasteiger partial charge in [0.25, 0.3) is 5.91 Å². The van der Waals surface area contributed by atoms with Crippen molar-refractivity contribution < 1.29 is 23.0 Å². The fraction of sp³-hybridized carbons (Fsp3) is 0.312. The molecule has 1 atom stereocenters. The Morgan fingerprint density at radius 2 is 2.20 bits per heavy atom. The second-order valence-corrected chi connectivity index (χ2v) is 7.68. The number of rotatable bonds is 3. The van der Waals surface area contributed by atoms with Crippen LogP contribution in [0.5, 0.6) is 11.6 Å². The van der Waals surface area contributed by atoms with Gasteiger partial charge in [-0.05, 0) is 30.7 Å². The van der Waals surface area contributed by atoms with Crippen LogP contribution in [0.25, 0.3) is 16.5 Å². The number of primary amides is 1. The number of nitrogens with two attached hydrogens (primary N) is 1. The topological polar surface area (TPSA) is 96.0 Å². The zero-order valence-electron chi connectivity index (χ0n) is 13.5. The maximum atomic E-state index is 12.7. The molecule has 0 saturated carbocycles. The zero-order valence-corrected chi connectivity index (χ0v) is 14.4. The number of nitrogens with zero attached hydrogens (tertiary/aromatic N) is 2. The molecule has 1 aromatic heterocycles. The quantitative estimate of drug-likeness (QED) is 0.842. The normalized spacial score (nSPS) is 24.0. The number of aromatic nitrogens is 1. The molecule has 5 heterocycles. The van der Waals surface area contributed by atoms with E-state index in [-0.39, 0.29) is 5.56 Å². The summed E-state index contributed by atoms with van der Waals surface area (Å²) in [5.41, 5.74) is 8.08. The van der Waals surface area contributed by atoms with Crippen molar-refractivity contribution in [2.24, 2.45) is 5.73 Å². The number of carbonyl (C=O) groups excluding carboxylic acids is 1. The van der Waals surface area contributed by atoms with E-state index in [1.807, 2.05) is 0 Å². The highest BCUT2D eigenvalue weighted by atomic mass is 31.2. The van der Waals surface area contributed by atoms with Crippen molar-refractivity contribution in [3.8, 4) is 11.6 Å². The summed E-state index contributed by atoms with van der Waals surface area (Å²) in [7, 11) is -3.78. The third-order valence-corrected chi connectivity index (χ3v) is 6.09. The van der Waals surface area contributed by atoms with E-state index in [0.29, 0.717) is 22.5 Å². The Morgan fingerprint density at radius 3 is 2.88 bits per heavy atom. The van der Waals surface area contributed by atoms with E-state index in [4.69, 9.17) is 19.4 Å². The molecule has 8 nitrogen and oxygen atoms in total. The molecule has 1 aromatic carbocycles. The number of phosphoric acid groups is 1. The molecule has 6 bridgehead atoms. The number of hydrogen-bond donors (Lipinski definition) is 1. The summed E-state index contributed by atoms with van der Waals surface area (Å²) in [6.45, 7) is 4.84. The van der Waals surface area contributed by atoms with Crippen LogP contribution >= 0.6 is 7.82 Å². The minimum Gasteiger partial charge on any atom is -0.384 e. The summed E-state index contributed by atoms with van der Waals surface area (Å²) in [5.74, 6) is 0.111. The standard InChI is InChI=1S/C16H16N3O5P/c1-2-18-7-5-9(6-8-18)12-13-11-4-3-10(15(17)20)14(13)19-16(12)23-25(21,22-11)24-19/h3-5H,2,6-8H2,1H3,(H2,17,20). The van der Waals surface area contributed by atoms with E-state index >= 15 is 0 Å². The van der Waals surface area contributed by atoms with E-state index in [1.54, 1.807) is 12.1 Å². The van der Waals surface area contributed by atoms with Gasteiger partial charge >= 0.3 is 7.82 Å². The molecule has 4 aliphatic rings. The molecule has 130 valence electrons. The lowest BCUT2D eigenvalue weighted by Gasteiger charge is -2.24. The van der Waals surface area contributed by atoms with E-state index < -0.39 is 13.7 Å². The fourth-order valence-corrected chi connectivity index (χ4v) is 4.90. The smallest absolute Gasteiger partial charge is 0.384 e. The Balaban J connectivity index is 1.82. The van der Waals surface area contributed by atoms with E-state index in [0.717, 1.165) is 37.2 Å². The lowest BCUT2D eigenvalue weighted by molar-refractivity contribution is 0.100. The summed E-state index contributed by atoms with van der Waals surface area (Å²) >= 11 is 0. The Hall–Kier alpha value is -2.44. The summed E-state index contributed by atoms with van der Waals surface area (Å²) < 4.78 is 30.4. The van der Waals surface area contributed by atoms with Gasteiger partial charge in [-0.15, -0.1) is 4.73 Å². The van der Waals surface area contributed by atoms with Crippen molar-refractivity contribution in [3.05, 3.63) is 29.3 Å². The molecule has 0 fully saturated rings. The molecule has 4 aliphatic heterocycles. The molecule has 1 amide bonds. The molecular formula is C16H16N3O5P. The highest BCUT2D eigenvalue weighted by Gasteiger charge is 2.50. The average Bonchev–Trinajstić information content (AvgIpc) is 3.00. The number of benzene rings is 1. The SMILES string of the molecule is CCN1CC=C(c2c3n4c5c(C(N)=O)ccc(c25)OP(=O)(O3)O4)CC1. The molecule has 9 heteroatoms. The van der Waals surface area contributed by atoms with Crippen LogP contribution in [0.15, 0.2) is 18.2 Å². The van der Waals surface area contributed by atoms with Gasteiger partial charge in [-0.25, -0.2) is 0 Å². The minimum absolute atomic E-state index is 0.278. The van der Waals surface area contributed by atoms with Gasteiger partial charge in [-0.1, -0.05) is 13.0 Å². The molecule has 0 spiro atoms. The van der Waals surface area contributed by atoms with Crippen LogP contribution in [0, 0.1) is 0 Å². The summed E-state index contributed by atoms with van der Waals surface area (Å²) in [4.78, 5) is 14.2. The van der Waals surface area contributed by atoms with Gasteiger partial charge in [0.05, 0.1) is 16.5 Å². The van der Waals surface area contributed by atoms with Crippen LogP contribution < -0.4 is 19.4 Å². The van der Waals surface area contributed by atoms with Crippen molar-refractivity contribution in [1.82, 2.24) is 9.63 Å². The van der Waals surface area contributed by atoms with Crippen LogP contribution in [-0.2, 0) is 4.57 Å². The summed E-state index contributed by atoms with van der Waals surface area (Å²) in [5, 5.41) is 0.665. The molecule has 6 rings (SSSR count). The first-order chi connectivity index (χ1) is 12.0.